The van der Waals surface area contributed by atoms with Crippen LogP contribution in [0.1, 0.15) is 0 Å². The summed E-state index contributed by atoms with van der Waals surface area (Å²) in [5.74, 6) is 0. The van der Waals surface area contributed by atoms with Crippen LogP contribution in [-0.2, 0) is 20.2 Å². The van der Waals surface area contributed by atoms with E-state index in [4.69, 9.17) is 0 Å². The molecule has 9 heteroatoms. The van der Waals surface area contributed by atoms with Crippen LogP contribution in [-0.4, -0.2) is 49.0 Å². The summed E-state index contributed by atoms with van der Waals surface area (Å²) in [6, 6.07) is 23.2. The number of hydrogen-bond donors (Lipinski definition) is 0. The van der Waals surface area contributed by atoms with Crippen LogP contribution < -0.4 is 0 Å². The van der Waals surface area contributed by atoms with Crippen LogP contribution in [0, 0.1) is 0 Å². The normalized spacial score (nSPS) is 11.4. The third-order valence-electron chi connectivity index (χ3n) is 4.02. The van der Waals surface area contributed by atoms with Crippen LogP contribution in [0.15, 0.2) is 94.7 Å². The van der Waals surface area contributed by atoms with Crippen molar-refractivity contribution in [1.82, 2.24) is 0 Å². The van der Waals surface area contributed by atoms with Crippen LogP contribution in [0.4, 0.5) is 0 Å². The second-order valence-electron chi connectivity index (χ2n) is 5.93. The molecule has 0 atom stereocenters. The van der Waals surface area contributed by atoms with E-state index in [1.165, 1.54) is 24.3 Å². The topological polar surface area (TPSA) is 114 Å². The van der Waals surface area contributed by atoms with E-state index in [2.05, 4.69) is 0 Å². The Morgan fingerprint density at radius 3 is 1.10 bits per heavy atom. The van der Waals surface area contributed by atoms with Crippen LogP contribution in [0.2, 0.25) is 0 Å². The van der Waals surface area contributed by atoms with E-state index in [0.29, 0.717) is 0 Å². The van der Waals surface area contributed by atoms with Crippen molar-refractivity contribution in [2.24, 2.45) is 0 Å². The Kier molecular flexibility index (Phi) is 7.38. The number of hydrogen-bond acceptors (Lipinski definition) is 6. The Morgan fingerprint density at radius 1 is 0.483 bits per heavy atom. The molecule has 0 bridgehead atoms. The van der Waals surface area contributed by atoms with E-state index < -0.39 is 20.2 Å². The molecule has 0 heterocycles. The van der Waals surface area contributed by atoms with E-state index in [0.717, 1.165) is 21.5 Å². The zero-order chi connectivity index (χ0) is 20.4. The van der Waals surface area contributed by atoms with Crippen molar-refractivity contribution < 1.29 is 25.9 Å². The van der Waals surface area contributed by atoms with E-state index >= 15 is 0 Å². The summed E-state index contributed by atoms with van der Waals surface area (Å²) in [6.07, 6.45) is 0. The fourth-order valence-corrected chi connectivity index (χ4v) is 3.66. The average molecular weight is 439 g/mol. The summed E-state index contributed by atoms with van der Waals surface area (Å²) in [5.41, 5.74) is 0. The Bertz CT molecular complexity index is 1260. The molecule has 0 radical (unpaired) electrons. The molecular weight excluding hydrogens is 425 g/mol. The van der Waals surface area contributed by atoms with Gasteiger partial charge in [-0.15, -0.1) is 0 Å². The predicted octanol–water partition coefficient (Wildman–Crippen LogP) is 3.11. The van der Waals surface area contributed by atoms with Gasteiger partial charge in [0.15, 0.2) is 0 Å². The smallest absolute Gasteiger partial charge is 0.744 e. The predicted molar refractivity (Wildman–Crippen MR) is 110 cm³/mol. The fourth-order valence-electron chi connectivity index (χ4n) is 2.65. The van der Waals surface area contributed by atoms with Crippen molar-refractivity contribution in [2.75, 3.05) is 0 Å². The summed E-state index contributed by atoms with van der Waals surface area (Å²) < 4.78 is 64.3. The minimum atomic E-state index is -4.34. The molecule has 4 aromatic rings. The van der Waals surface area contributed by atoms with Crippen molar-refractivity contribution in [1.29, 1.82) is 0 Å². The van der Waals surface area contributed by atoms with Gasteiger partial charge in [0.1, 0.15) is 20.2 Å². The van der Waals surface area contributed by atoms with E-state index in [1.807, 2.05) is 24.3 Å². The first-order valence-corrected chi connectivity index (χ1v) is 10.9. The summed E-state index contributed by atoms with van der Waals surface area (Å²) in [6.45, 7) is 0. The molecule has 0 saturated heterocycles. The quantitative estimate of drug-likeness (QED) is 0.351. The molecule has 0 saturated carbocycles. The summed E-state index contributed by atoms with van der Waals surface area (Å²) in [5, 5.41) is 3.34. The Hall–Kier alpha value is -2.01. The summed E-state index contributed by atoms with van der Waals surface area (Å²) >= 11 is 0. The van der Waals surface area contributed by atoms with Gasteiger partial charge >= 0.3 is 23.1 Å². The van der Waals surface area contributed by atoms with Gasteiger partial charge in [0.2, 0.25) is 0 Å². The van der Waals surface area contributed by atoms with Gasteiger partial charge in [0.25, 0.3) is 0 Å². The summed E-state index contributed by atoms with van der Waals surface area (Å²) in [7, 11) is -8.69. The molecule has 29 heavy (non-hydrogen) atoms. The molecule has 0 amide bonds. The molecular formula is C20H14MgO6S2. The number of fused-ring (bicyclic) bond motifs is 2. The maximum atomic E-state index is 10.7. The van der Waals surface area contributed by atoms with Gasteiger partial charge < -0.3 is 9.11 Å². The van der Waals surface area contributed by atoms with Crippen molar-refractivity contribution in [2.45, 2.75) is 9.79 Å². The molecule has 0 fully saturated rings. The van der Waals surface area contributed by atoms with E-state index in [-0.39, 0.29) is 32.8 Å². The van der Waals surface area contributed by atoms with E-state index in [1.54, 1.807) is 36.4 Å². The van der Waals surface area contributed by atoms with Gasteiger partial charge in [-0.3, -0.25) is 0 Å². The Morgan fingerprint density at radius 2 is 0.793 bits per heavy atom. The standard InChI is InChI=1S/2C10H8O3S.Mg/c2*11-14(12,13)10-6-5-8-3-1-2-4-9(8)7-10;/h2*1-7H,(H,11,12,13);/q;;+2/p-2. The minimum absolute atomic E-state index is 0. The molecule has 4 rings (SSSR count). The average Bonchev–Trinajstić information content (AvgIpc) is 2.66. The molecule has 0 spiro atoms. The second-order valence-corrected chi connectivity index (χ2v) is 8.69. The molecule has 0 N–H and O–H groups in total. The number of rotatable bonds is 2. The van der Waals surface area contributed by atoms with Crippen LogP contribution in [0.25, 0.3) is 21.5 Å². The minimum Gasteiger partial charge on any atom is -0.744 e. The SMILES string of the molecule is O=S(=O)([O-])c1ccc2ccccc2c1.O=S(=O)([O-])c1ccc2ccccc2c1.[Mg+2]. The monoisotopic (exact) mass is 438 g/mol. The van der Waals surface area contributed by atoms with Crippen molar-refractivity contribution in [3.05, 3.63) is 84.9 Å². The van der Waals surface area contributed by atoms with Crippen molar-refractivity contribution in [3.63, 3.8) is 0 Å². The molecule has 144 valence electrons. The molecule has 4 aromatic carbocycles. The van der Waals surface area contributed by atoms with Gasteiger partial charge in [-0.25, -0.2) is 16.8 Å². The first-order valence-electron chi connectivity index (χ1n) is 8.04. The van der Waals surface area contributed by atoms with Crippen LogP contribution in [0.5, 0.6) is 0 Å². The maximum Gasteiger partial charge on any atom is 2.00 e. The Balaban J connectivity index is 0.000000200. The van der Waals surface area contributed by atoms with Crippen molar-refractivity contribution >= 4 is 64.8 Å². The molecule has 0 aliphatic carbocycles. The second kappa shape index (κ2) is 9.20. The third kappa shape index (κ3) is 5.98. The molecule has 0 unspecified atom stereocenters. The largest absolute Gasteiger partial charge is 2.00 e. The van der Waals surface area contributed by atoms with Crippen LogP contribution >= 0.6 is 0 Å². The summed E-state index contributed by atoms with van der Waals surface area (Å²) in [4.78, 5) is -0.368. The number of benzene rings is 4. The molecule has 0 aromatic heterocycles. The van der Waals surface area contributed by atoms with Gasteiger partial charge in [-0.1, -0.05) is 60.7 Å². The van der Waals surface area contributed by atoms with Gasteiger partial charge in [-0.05, 0) is 45.8 Å². The first kappa shape index (κ1) is 23.3. The van der Waals surface area contributed by atoms with Gasteiger partial charge in [0.05, 0.1) is 9.79 Å². The van der Waals surface area contributed by atoms with Crippen LogP contribution in [0.3, 0.4) is 0 Å². The molecule has 6 nitrogen and oxygen atoms in total. The molecule has 0 aliphatic rings. The van der Waals surface area contributed by atoms with Gasteiger partial charge in [-0.2, -0.15) is 0 Å². The zero-order valence-electron chi connectivity index (χ0n) is 15.1. The third-order valence-corrected chi connectivity index (χ3v) is 5.68. The van der Waals surface area contributed by atoms with Crippen molar-refractivity contribution in [3.8, 4) is 0 Å². The van der Waals surface area contributed by atoms with E-state index in [9.17, 15) is 25.9 Å². The van der Waals surface area contributed by atoms with Gasteiger partial charge in [0, 0.05) is 0 Å². The fraction of sp³-hybridized carbons (Fsp3) is 0. The Labute approximate surface area is 184 Å². The first-order chi connectivity index (χ1) is 13.1. The zero-order valence-corrected chi connectivity index (χ0v) is 18.1. The maximum absolute atomic E-state index is 10.7. The molecule has 0 aliphatic heterocycles.